The Morgan fingerprint density at radius 2 is 1.95 bits per heavy atom. The Labute approximate surface area is 127 Å². The average molecular weight is 296 g/mol. The van der Waals surface area contributed by atoms with Gasteiger partial charge >= 0.3 is 5.69 Å². The van der Waals surface area contributed by atoms with Crippen LogP contribution in [-0.2, 0) is 18.4 Å². The fourth-order valence-corrected chi connectivity index (χ4v) is 2.45. The fourth-order valence-electron chi connectivity index (χ4n) is 2.45. The Hall–Kier alpha value is -2.89. The van der Waals surface area contributed by atoms with Crippen LogP contribution in [0.3, 0.4) is 0 Å². The van der Waals surface area contributed by atoms with Gasteiger partial charge in [-0.15, -0.1) is 0 Å². The first kappa shape index (κ1) is 14.1. The number of nitrogens with one attached hydrogen (secondary N) is 1. The maximum atomic E-state index is 12.2. The minimum absolute atomic E-state index is 0.115. The van der Waals surface area contributed by atoms with Crippen molar-refractivity contribution in [3.05, 3.63) is 59.3 Å². The summed E-state index contributed by atoms with van der Waals surface area (Å²) in [6.07, 6.45) is 3.45. The highest BCUT2D eigenvalue weighted by Gasteiger charge is 2.11. The Morgan fingerprint density at radius 1 is 1.18 bits per heavy atom. The van der Waals surface area contributed by atoms with Gasteiger partial charge < -0.3 is 5.32 Å². The van der Waals surface area contributed by atoms with Crippen LogP contribution in [0.15, 0.2) is 53.6 Å². The lowest BCUT2D eigenvalue weighted by atomic mass is 10.3. The van der Waals surface area contributed by atoms with Crippen molar-refractivity contribution < 1.29 is 4.79 Å². The average Bonchev–Trinajstić information content (AvgIpc) is 2.78. The largest absolute Gasteiger partial charge is 0.328 e. The zero-order chi connectivity index (χ0) is 15.5. The van der Waals surface area contributed by atoms with E-state index in [9.17, 15) is 9.59 Å². The smallest absolute Gasteiger partial charge is 0.325 e. The third kappa shape index (κ3) is 2.63. The van der Waals surface area contributed by atoms with Crippen LogP contribution >= 0.6 is 0 Å². The number of amides is 1. The van der Waals surface area contributed by atoms with E-state index in [0.29, 0.717) is 12.2 Å². The molecule has 0 spiro atoms. The quantitative estimate of drug-likeness (QED) is 0.797. The number of imidazole rings is 1. The number of aryl methyl sites for hydroxylation is 2. The molecule has 2 aromatic heterocycles. The van der Waals surface area contributed by atoms with Crippen LogP contribution in [0.4, 0.5) is 5.69 Å². The number of pyridine rings is 1. The van der Waals surface area contributed by atoms with Crippen molar-refractivity contribution in [2.75, 3.05) is 5.32 Å². The third-order valence-electron chi connectivity index (χ3n) is 3.56. The SMILES string of the molecule is Cn1c(=O)n(CCC(=O)Nc2cccnc2)c2ccccc21. The van der Waals surface area contributed by atoms with E-state index >= 15 is 0 Å². The Kier molecular flexibility index (Phi) is 3.74. The third-order valence-corrected chi connectivity index (χ3v) is 3.56. The summed E-state index contributed by atoms with van der Waals surface area (Å²) in [4.78, 5) is 28.2. The molecule has 0 unspecified atom stereocenters. The number of rotatable bonds is 4. The molecule has 1 aromatic carbocycles. The molecule has 0 bridgehead atoms. The van der Waals surface area contributed by atoms with Gasteiger partial charge in [0, 0.05) is 26.2 Å². The van der Waals surface area contributed by atoms with Gasteiger partial charge in [0.25, 0.3) is 0 Å². The number of nitrogens with zero attached hydrogens (tertiary/aromatic N) is 3. The summed E-state index contributed by atoms with van der Waals surface area (Å²) >= 11 is 0. The molecule has 0 aliphatic rings. The minimum Gasteiger partial charge on any atom is -0.325 e. The number of fused-ring (bicyclic) bond motifs is 1. The lowest BCUT2D eigenvalue weighted by Gasteiger charge is -2.05. The molecule has 0 aliphatic carbocycles. The zero-order valence-electron chi connectivity index (χ0n) is 12.2. The molecular weight excluding hydrogens is 280 g/mol. The standard InChI is InChI=1S/C16H16N4O2/c1-19-13-6-2-3-7-14(13)20(16(19)22)10-8-15(21)18-12-5-4-9-17-11-12/h2-7,9,11H,8,10H2,1H3,(H,18,21). The van der Waals surface area contributed by atoms with Gasteiger partial charge in [-0.25, -0.2) is 4.79 Å². The van der Waals surface area contributed by atoms with Crippen molar-refractivity contribution in [2.24, 2.45) is 7.05 Å². The molecule has 2 heterocycles. The number of carbonyl (C=O) groups excluding carboxylic acids is 1. The molecule has 0 fully saturated rings. The predicted octanol–water partition coefficient (Wildman–Crippen LogP) is 1.76. The first-order chi connectivity index (χ1) is 10.7. The molecule has 1 amide bonds. The molecule has 22 heavy (non-hydrogen) atoms. The van der Waals surface area contributed by atoms with E-state index in [4.69, 9.17) is 0 Å². The van der Waals surface area contributed by atoms with E-state index in [2.05, 4.69) is 10.3 Å². The van der Waals surface area contributed by atoms with Gasteiger partial charge in [0.05, 0.1) is 22.9 Å². The van der Waals surface area contributed by atoms with Crippen molar-refractivity contribution in [2.45, 2.75) is 13.0 Å². The first-order valence-corrected chi connectivity index (χ1v) is 7.01. The van der Waals surface area contributed by atoms with Crippen LogP contribution in [0.1, 0.15) is 6.42 Å². The summed E-state index contributed by atoms with van der Waals surface area (Å²) in [5.41, 5.74) is 2.23. The number of para-hydroxylation sites is 2. The summed E-state index contributed by atoms with van der Waals surface area (Å²) in [6.45, 7) is 0.340. The second-order valence-corrected chi connectivity index (χ2v) is 5.02. The lowest BCUT2D eigenvalue weighted by Crippen LogP contribution is -2.24. The van der Waals surface area contributed by atoms with E-state index in [1.807, 2.05) is 24.3 Å². The van der Waals surface area contributed by atoms with Crippen LogP contribution in [0, 0.1) is 0 Å². The highest BCUT2D eigenvalue weighted by atomic mass is 16.2. The zero-order valence-corrected chi connectivity index (χ0v) is 12.2. The van der Waals surface area contributed by atoms with E-state index in [1.165, 1.54) is 0 Å². The second kappa shape index (κ2) is 5.85. The summed E-state index contributed by atoms with van der Waals surface area (Å²) in [7, 11) is 1.73. The van der Waals surface area contributed by atoms with Crippen molar-refractivity contribution in [3.63, 3.8) is 0 Å². The Bertz CT molecular complexity index is 865. The van der Waals surface area contributed by atoms with Crippen molar-refractivity contribution >= 4 is 22.6 Å². The summed E-state index contributed by atoms with van der Waals surface area (Å²) in [5.74, 6) is -0.146. The van der Waals surface area contributed by atoms with Gasteiger partial charge in [-0.1, -0.05) is 12.1 Å². The molecule has 3 rings (SSSR count). The van der Waals surface area contributed by atoms with Crippen molar-refractivity contribution in [3.8, 4) is 0 Å². The summed E-state index contributed by atoms with van der Waals surface area (Å²) < 4.78 is 3.21. The van der Waals surface area contributed by atoms with Crippen molar-refractivity contribution in [1.82, 2.24) is 14.1 Å². The molecule has 0 radical (unpaired) electrons. The highest BCUT2D eigenvalue weighted by Crippen LogP contribution is 2.12. The van der Waals surface area contributed by atoms with E-state index in [0.717, 1.165) is 11.0 Å². The van der Waals surface area contributed by atoms with Gasteiger partial charge in [-0.3, -0.25) is 18.9 Å². The van der Waals surface area contributed by atoms with Crippen LogP contribution in [0.25, 0.3) is 11.0 Å². The monoisotopic (exact) mass is 296 g/mol. The number of hydrogen-bond donors (Lipinski definition) is 1. The molecule has 1 N–H and O–H groups in total. The first-order valence-electron chi connectivity index (χ1n) is 7.01. The van der Waals surface area contributed by atoms with Crippen molar-refractivity contribution in [1.29, 1.82) is 0 Å². The van der Waals surface area contributed by atoms with Crippen LogP contribution in [0.5, 0.6) is 0 Å². The normalized spacial score (nSPS) is 10.8. The summed E-state index contributed by atoms with van der Waals surface area (Å²) in [6, 6.07) is 11.1. The molecule has 6 nitrogen and oxygen atoms in total. The molecule has 112 valence electrons. The Morgan fingerprint density at radius 3 is 2.68 bits per heavy atom. The van der Waals surface area contributed by atoms with Gasteiger partial charge in [0.1, 0.15) is 0 Å². The summed E-state index contributed by atoms with van der Waals surface area (Å²) in [5, 5.41) is 2.76. The second-order valence-electron chi connectivity index (χ2n) is 5.02. The molecule has 0 saturated heterocycles. The number of anilines is 1. The molecule has 0 saturated carbocycles. The van der Waals surface area contributed by atoms with Gasteiger partial charge in [0.15, 0.2) is 0 Å². The van der Waals surface area contributed by atoms with Crippen LogP contribution in [0.2, 0.25) is 0 Å². The van der Waals surface area contributed by atoms with Crippen LogP contribution in [-0.4, -0.2) is 20.0 Å². The Balaban J connectivity index is 1.76. The van der Waals surface area contributed by atoms with Gasteiger partial charge in [0.2, 0.25) is 5.91 Å². The van der Waals surface area contributed by atoms with E-state index < -0.39 is 0 Å². The lowest BCUT2D eigenvalue weighted by molar-refractivity contribution is -0.116. The van der Waals surface area contributed by atoms with Crippen LogP contribution < -0.4 is 11.0 Å². The maximum Gasteiger partial charge on any atom is 0.328 e. The number of benzene rings is 1. The van der Waals surface area contributed by atoms with E-state index in [-0.39, 0.29) is 18.0 Å². The molecule has 6 heteroatoms. The highest BCUT2D eigenvalue weighted by molar-refractivity contribution is 5.90. The number of carbonyl (C=O) groups is 1. The topological polar surface area (TPSA) is 68.9 Å². The van der Waals surface area contributed by atoms with E-state index in [1.54, 1.807) is 40.7 Å². The number of aromatic nitrogens is 3. The molecule has 3 aromatic rings. The van der Waals surface area contributed by atoms with Gasteiger partial charge in [-0.2, -0.15) is 0 Å². The molecule has 0 atom stereocenters. The fraction of sp³-hybridized carbons (Fsp3) is 0.188. The predicted molar refractivity (Wildman–Crippen MR) is 84.7 cm³/mol. The van der Waals surface area contributed by atoms with Gasteiger partial charge in [-0.05, 0) is 24.3 Å². The molecule has 0 aliphatic heterocycles. The number of hydrogen-bond acceptors (Lipinski definition) is 3. The molecular formula is C16H16N4O2. The maximum absolute atomic E-state index is 12.2. The minimum atomic E-state index is -0.146.